The molecule has 1 N–H and O–H groups in total. The number of carbonyl (C=O) groups excluding carboxylic acids is 2. The highest BCUT2D eigenvalue weighted by Gasteiger charge is 2.15. The van der Waals surface area contributed by atoms with E-state index < -0.39 is 0 Å². The van der Waals surface area contributed by atoms with Crippen LogP contribution in [0.1, 0.15) is 17.5 Å². The van der Waals surface area contributed by atoms with Gasteiger partial charge in [-0.25, -0.2) is 4.98 Å². The Labute approximate surface area is 87.0 Å². The number of aldehydes is 1. The molecule has 0 aliphatic carbocycles. The minimum Gasteiger partial charge on any atom is -0.310 e. The van der Waals surface area contributed by atoms with E-state index >= 15 is 0 Å². The fourth-order valence-electron chi connectivity index (χ4n) is 1.52. The minimum absolute atomic E-state index is 0.00573. The molecule has 1 aliphatic rings. The van der Waals surface area contributed by atoms with Gasteiger partial charge < -0.3 is 5.32 Å². The molecule has 1 aromatic heterocycles. The molecule has 4 nitrogen and oxygen atoms in total. The monoisotopic (exact) mass is 202 g/mol. The smallest absolute Gasteiger partial charge is 0.225 e. The van der Waals surface area contributed by atoms with Crippen molar-refractivity contribution < 1.29 is 9.59 Å². The molecule has 0 spiro atoms. The Balaban J connectivity index is 2.30. The number of pyridine rings is 1. The number of fused-ring (bicyclic) bond motifs is 1. The molecule has 76 valence electrons. The van der Waals surface area contributed by atoms with Crippen LogP contribution in [0.25, 0.3) is 6.08 Å². The number of nitrogens with zero attached hydrogens (tertiary/aromatic N) is 1. The summed E-state index contributed by atoms with van der Waals surface area (Å²) in [5.41, 5.74) is 1.89. The molecular weight excluding hydrogens is 192 g/mol. The summed E-state index contributed by atoms with van der Waals surface area (Å²) in [4.78, 5) is 25.3. The van der Waals surface area contributed by atoms with Crippen LogP contribution in [0.3, 0.4) is 0 Å². The Morgan fingerprint density at radius 1 is 1.40 bits per heavy atom. The predicted octanol–water partition coefficient (Wildman–Crippen LogP) is 1.18. The van der Waals surface area contributed by atoms with Crippen molar-refractivity contribution in [1.29, 1.82) is 0 Å². The highest BCUT2D eigenvalue weighted by molar-refractivity contribution is 5.92. The third kappa shape index (κ3) is 2.10. The lowest BCUT2D eigenvalue weighted by molar-refractivity contribution is -0.116. The van der Waals surface area contributed by atoms with E-state index in [0.717, 1.165) is 17.4 Å². The zero-order chi connectivity index (χ0) is 10.7. The first-order valence-corrected chi connectivity index (χ1v) is 4.70. The van der Waals surface area contributed by atoms with Gasteiger partial charge in [0.05, 0.1) is 0 Å². The van der Waals surface area contributed by atoms with Crippen LogP contribution in [-0.4, -0.2) is 17.2 Å². The molecule has 0 bridgehead atoms. The van der Waals surface area contributed by atoms with Gasteiger partial charge in [-0.2, -0.15) is 0 Å². The van der Waals surface area contributed by atoms with Gasteiger partial charge in [-0.1, -0.05) is 6.08 Å². The van der Waals surface area contributed by atoms with Crippen LogP contribution in [0.5, 0.6) is 0 Å². The molecule has 1 aromatic rings. The van der Waals surface area contributed by atoms with Crippen LogP contribution < -0.4 is 5.32 Å². The molecular formula is C11H10N2O2. The molecule has 4 heteroatoms. The van der Waals surface area contributed by atoms with E-state index in [9.17, 15) is 9.59 Å². The van der Waals surface area contributed by atoms with Gasteiger partial charge in [-0.15, -0.1) is 0 Å². The van der Waals surface area contributed by atoms with Gasteiger partial charge in [0.2, 0.25) is 5.91 Å². The normalized spacial score (nSPS) is 14.8. The summed E-state index contributed by atoms with van der Waals surface area (Å²) >= 11 is 0. The van der Waals surface area contributed by atoms with Crippen LogP contribution in [0, 0.1) is 0 Å². The third-order valence-electron chi connectivity index (χ3n) is 2.23. The first-order chi connectivity index (χ1) is 7.29. The average molecular weight is 202 g/mol. The van der Waals surface area contributed by atoms with E-state index in [1.807, 2.05) is 6.07 Å². The molecule has 0 atom stereocenters. The lowest BCUT2D eigenvalue weighted by atomic mass is 10.0. The SMILES string of the molecule is O=C/C=C/c1cnc2c(c1)CCC(=O)N2. The van der Waals surface area contributed by atoms with Gasteiger partial charge in [-0.3, -0.25) is 9.59 Å². The van der Waals surface area contributed by atoms with E-state index in [1.165, 1.54) is 6.08 Å². The van der Waals surface area contributed by atoms with Gasteiger partial charge >= 0.3 is 0 Å². The predicted molar refractivity (Wildman–Crippen MR) is 56.3 cm³/mol. The molecule has 0 radical (unpaired) electrons. The molecule has 0 saturated carbocycles. The van der Waals surface area contributed by atoms with Crippen LogP contribution >= 0.6 is 0 Å². The van der Waals surface area contributed by atoms with Gasteiger partial charge in [-0.05, 0) is 29.7 Å². The highest BCUT2D eigenvalue weighted by atomic mass is 16.1. The first-order valence-electron chi connectivity index (χ1n) is 4.70. The van der Waals surface area contributed by atoms with E-state index in [-0.39, 0.29) is 5.91 Å². The number of carbonyl (C=O) groups is 2. The second-order valence-corrected chi connectivity index (χ2v) is 3.32. The maximum Gasteiger partial charge on any atom is 0.225 e. The van der Waals surface area contributed by atoms with Crippen LogP contribution in [-0.2, 0) is 16.0 Å². The standard InChI is InChI=1S/C11H10N2O2/c14-5-1-2-8-6-9-3-4-10(15)13-11(9)12-7-8/h1-2,5-7H,3-4H2,(H,12,13,15)/b2-1+. The second kappa shape index (κ2) is 4.04. The van der Waals surface area contributed by atoms with Crippen LogP contribution in [0.15, 0.2) is 18.3 Å². The third-order valence-corrected chi connectivity index (χ3v) is 2.23. The lowest BCUT2D eigenvalue weighted by Gasteiger charge is -2.15. The molecule has 0 saturated heterocycles. The van der Waals surface area contributed by atoms with Crippen molar-refractivity contribution in [2.24, 2.45) is 0 Å². The van der Waals surface area contributed by atoms with Crippen molar-refractivity contribution in [3.63, 3.8) is 0 Å². The molecule has 2 rings (SSSR count). The molecule has 0 unspecified atom stereocenters. The number of aromatic nitrogens is 1. The topological polar surface area (TPSA) is 59.1 Å². The Bertz CT molecular complexity index is 438. The Hall–Kier alpha value is -1.97. The molecule has 15 heavy (non-hydrogen) atoms. The molecule has 0 fully saturated rings. The molecule has 1 aliphatic heterocycles. The summed E-state index contributed by atoms with van der Waals surface area (Å²) in [6, 6.07) is 1.93. The largest absolute Gasteiger partial charge is 0.310 e. The van der Waals surface area contributed by atoms with Crippen LogP contribution in [0.4, 0.5) is 5.82 Å². The minimum atomic E-state index is 0.00573. The first kappa shape index (κ1) is 9.58. The number of amides is 1. The quantitative estimate of drug-likeness (QED) is 0.578. The van der Waals surface area contributed by atoms with Gasteiger partial charge in [0.1, 0.15) is 12.1 Å². The summed E-state index contributed by atoms with van der Waals surface area (Å²) in [7, 11) is 0. The summed E-state index contributed by atoms with van der Waals surface area (Å²) in [5, 5.41) is 2.70. The molecule has 0 aromatic carbocycles. The van der Waals surface area contributed by atoms with Gasteiger partial charge in [0, 0.05) is 12.6 Å². The van der Waals surface area contributed by atoms with Gasteiger partial charge in [0.25, 0.3) is 0 Å². The average Bonchev–Trinajstić information content (AvgIpc) is 2.26. The van der Waals surface area contributed by atoms with Crippen molar-refractivity contribution in [2.45, 2.75) is 12.8 Å². The lowest BCUT2D eigenvalue weighted by Crippen LogP contribution is -2.20. The van der Waals surface area contributed by atoms with Crippen molar-refractivity contribution in [1.82, 2.24) is 4.98 Å². The van der Waals surface area contributed by atoms with Gasteiger partial charge in [0.15, 0.2) is 0 Å². The summed E-state index contributed by atoms with van der Waals surface area (Å²) in [6.07, 6.45) is 6.67. The maximum atomic E-state index is 11.1. The molecule has 1 amide bonds. The maximum absolute atomic E-state index is 11.1. The Morgan fingerprint density at radius 2 is 2.27 bits per heavy atom. The van der Waals surface area contributed by atoms with E-state index in [4.69, 9.17) is 0 Å². The Morgan fingerprint density at radius 3 is 3.07 bits per heavy atom. The van der Waals surface area contributed by atoms with Crippen molar-refractivity contribution >= 4 is 24.1 Å². The highest BCUT2D eigenvalue weighted by Crippen LogP contribution is 2.21. The fourth-order valence-corrected chi connectivity index (χ4v) is 1.52. The number of hydrogen-bond acceptors (Lipinski definition) is 3. The zero-order valence-corrected chi connectivity index (χ0v) is 8.06. The number of anilines is 1. The van der Waals surface area contributed by atoms with Crippen molar-refractivity contribution in [3.05, 3.63) is 29.5 Å². The number of nitrogens with one attached hydrogen (secondary N) is 1. The summed E-state index contributed by atoms with van der Waals surface area (Å²) < 4.78 is 0. The Kier molecular flexibility index (Phi) is 2.58. The fraction of sp³-hybridized carbons (Fsp3) is 0.182. The number of hydrogen-bond donors (Lipinski definition) is 1. The summed E-state index contributed by atoms with van der Waals surface area (Å²) in [5.74, 6) is 0.640. The second-order valence-electron chi connectivity index (χ2n) is 3.32. The van der Waals surface area contributed by atoms with Crippen LogP contribution in [0.2, 0.25) is 0 Å². The number of rotatable bonds is 2. The van der Waals surface area contributed by atoms with E-state index in [2.05, 4.69) is 10.3 Å². The number of allylic oxidation sites excluding steroid dienone is 1. The van der Waals surface area contributed by atoms with Crippen molar-refractivity contribution in [3.8, 4) is 0 Å². The number of aryl methyl sites for hydroxylation is 1. The summed E-state index contributed by atoms with van der Waals surface area (Å²) in [6.45, 7) is 0. The molecule has 2 heterocycles. The van der Waals surface area contributed by atoms with Crippen molar-refractivity contribution in [2.75, 3.05) is 5.32 Å². The van der Waals surface area contributed by atoms with E-state index in [0.29, 0.717) is 18.7 Å². The van der Waals surface area contributed by atoms with E-state index in [1.54, 1.807) is 12.3 Å². The zero-order valence-electron chi connectivity index (χ0n) is 8.06.